The highest BCUT2D eigenvalue weighted by Crippen LogP contribution is 2.36. The number of aliphatic hydroxyl groups is 1. The molecule has 0 radical (unpaired) electrons. The molecule has 26 heavy (non-hydrogen) atoms. The quantitative estimate of drug-likeness (QED) is 0.842. The van der Waals surface area contributed by atoms with Crippen LogP contribution in [0.15, 0.2) is 18.5 Å². The predicted octanol–water partition coefficient (Wildman–Crippen LogP) is 3.03. The molecule has 2 aliphatic rings. The summed E-state index contributed by atoms with van der Waals surface area (Å²) in [7, 11) is 0. The average molecular weight is 362 g/mol. The van der Waals surface area contributed by atoms with Crippen LogP contribution < -0.4 is 4.74 Å². The molecule has 3 rings (SSSR count). The van der Waals surface area contributed by atoms with Crippen molar-refractivity contribution in [1.29, 1.82) is 0 Å². The normalized spacial score (nSPS) is 25.2. The summed E-state index contributed by atoms with van der Waals surface area (Å²) in [4.78, 5) is 18.2. The van der Waals surface area contributed by atoms with Gasteiger partial charge < -0.3 is 19.5 Å². The molecule has 1 N–H and O–H groups in total. The molecule has 1 amide bonds. The van der Waals surface area contributed by atoms with Gasteiger partial charge in [0.2, 0.25) is 0 Å². The molecule has 6 heteroatoms. The number of hydrogen-bond acceptors (Lipinski definition) is 5. The lowest BCUT2D eigenvalue weighted by molar-refractivity contribution is -0.0141. The second kappa shape index (κ2) is 7.82. The van der Waals surface area contributed by atoms with E-state index in [1.165, 1.54) is 6.42 Å². The lowest BCUT2D eigenvalue weighted by Crippen LogP contribution is -2.55. The van der Waals surface area contributed by atoms with Crippen LogP contribution in [-0.4, -0.2) is 52.5 Å². The lowest BCUT2D eigenvalue weighted by Gasteiger charge is -2.41. The lowest BCUT2D eigenvalue weighted by atomic mass is 9.71. The molecule has 1 saturated carbocycles. The van der Waals surface area contributed by atoms with E-state index in [0.29, 0.717) is 25.0 Å². The number of pyridine rings is 1. The van der Waals surface area contributed by atoms with Gasteiger partial charge >= 0.3 is 6.09 Å². The Bertz CT molecular complexity index is 626. The largest absolute Gasteiger partial charge is 0.490 e. The summed E-state index contributed by atoms with van der Waals surface area (Å²) in [6.45, 7) is 7.05. The predicted molar refractivity (Wildman–Crippen MR) is 98.1 cm³/mol. The molecule has 2 fully saturated rings. The number of carbonyl (C=O) groups is 1. The Morgan fingerprint density at radius 2 is 2.04 bits per heavy atom. The zero-order valence-corrected chi connectivity index (χ0v) is 16.0. The van der Waals surface area contributed by atoms with Gasteiger partial charge in [0.05, 0.1) is 12.2 Å². The first kappa shape index (κ1) is 19.0. The SMILES string of the molecule is CC(C)(C)OC(=O)N1CCC1COc1cncc(CC2CCC2CO)c1. The van der Waals surface area contributed by atoms with Crippen LogP contribution in [0.2, 0.25) is 0 Å². The van der Waals surface area contributed by atoms with Crippen molar-refractivity contribution in [2.45, 2.75) is 58.1 Å². The van der Waals surface area contributed by atoms with Crippen molar-refractivity contribution >= 4 is 6.09 Å². The van der Waals surface area contributed by atoms with Crippen molar-refractivity contribution in [2.75, 3.05) is 19.8 Å². The standard InChI is InChI=1S/C20H30N2O4/c1-20(2,3)26-19(24)22-7-6-17(22)13-25-18-9-14(10-21-11-18)8-15-4-5-16(15)12-23/h9-11,15-17,23H,4-8,12-13H2,1-3H3. The number of likely N-dealkylation sites (tertiary alicyclic amines) is 1. The fourth-order valence-electron chi connectivity index (χ4n) is 3.47. The van der Waals surface area contributed by atoms with E-state index < -0.39 is 5.60 Å². The van der Waals surface area contributed by atoms with Gasteiger partial charge in [-0.25, -0.2) is 4.79 Å². The van der Waals surface area contributed by atoms with Gasteiger partial charge in [-0.05, 0) is 69.9 Å². The second-order valence-electron chi connectivity index (χ2n) is 8.44. The third kappa shape index (κ3) is 4.67. The van der Waals surface area contributed by atoms with Crippen molar-refractivity contribution in [3.8, 4) is 5.75 Å². The number of aromatic nitrogens is 1. The van der Waals surface area contributed by atoms with Crippen molar-refractivity contribution in [1.82, 2.24) is 9.88 Å². The van der Waals surface area contributed by atoms with Gasteiger partial charge in [0.15, 0.2) is 0 Å². The van der Waals surface area contributed by atoms with Crippen LogP contribution in [0.4, 0.5) is 4.79 Å². The summed E-state index contributed by atoms with van der Waals surface area (Å²) >= 11 is 0. The van der Waals surface area contributed by atoms with Gasteiger partial charge in [0.1, 0.15) is 18.0 Å². The van der Waals surface area contributed by atoms with E-state index in [1.807, 2.05) is 33.0 Å². The fraction of sp³-hybridized carbons (Fsp3) is 0.700. The van der Waals surface area contributed by atoms with Crippen LogP contribution >= 0.6 is 0 Å². The smallest absolute Gasteiger partial charge is 0.410 e. The first-order chi connectivity index (χ1) is 12.4. The van der Waals surface area contributed by atoms with Crippen LogP contribution in [0.3, 0.4) is 0 Å². The van der Waals surface area contributed by atoms with E-state index in [2.05, 4.69) is 4.98 Å². The third-order valence-corrected chi connectivity index (χ3v) is 5.29. The minimum atomic E-state index is -0.482. The maximum Gasteiger partial charge on any atom is 0.410 e. The van der Waals surface area contributed by atoms with Crippen molar-refractivity contribution in [3.05, 3.63) is 24.0 Å². The van der Waals surface area contributed by atoms with Gasteiger partial charge in [-0.15, -0.1) is 0 Å². The molecule has 0 bridgehead atoms. The first-order valence-electron chi connectivity index (χ1n) is 9.53. The van der Waals surface area contributed by atoms with E-state index in [-0.39, 0.29) is 18.7 Å². The Balaban J connectivity index is 1.49. The molecular formula is C20H30N2O4. The third-order valence-electron chi connectivity index (χ3n) is 5.29. The summed E-state index contributed by atoms with van der Waals surface area (Å²) < 4.78 is 11.3. The Labute approximate surface area is 155 Å². The zero-order valence-electron chi connectivity index (χ0n) is 16.0. The summed E-state index contributed by atoms with van der Waals surface area (Å²) in [5.74, 6) is 1.71. The number of ether oxygens (including phenoxy) is 2. The van der Waals surface area contributed by atoms with Crippen molar-refractivity contribution in [2.24, 2.45) is 11.8 Å². The van der Waals surface area contributed by atoms with Crippen LogP contribution in [0.5, 0.6) is 5.75 Å². The molecule has 3 atom stereocenters. The van der Waals surface area contributed by atoms with E-state index in [4.69, 9.17) is 9.47 Å². The molecule has 1 aromatic rings. The molecule has 1 saturated heterocycles. The van der Waals surface area contributed by atoms with Crippen LogP contribution in [0, 0.1) is 11.8 Å². The molecule has 144 valence electrons. The highest BCUT2D eigenvalue weighted by Gasteiger charge is 2.35. The van der Waals surface area contributed by atoms with Gasteiger partial charge in [-0.3, -0.25) is 4.98 Å². The highest BCUT2D eigenvalue weighted by atomic mass is 16.6. The zero-order chi connectivity index (χ0) is 18.7. The van der Waals surface area contributed by atoms with E-state index >= 15 is 0 Å². The maximum absolute atomic E-state index is 12.2. The Morgan fingerprint density at radius 1 is 1.27 bits per heavy atom. The number of carbonyl (C=O) groups excluding carboxylic acids is 1. The number of hydrogen-bond donors (Lipinski definition) is 1. The maximum atomic E-state index is 12.2. The molecule has 1 aliphatic heterocycles. The van der Waals surface area contributed by atoms with Gasteiger partial charge in [0.25, 0.3) is 0 Å². The molecule has 2 heterocycles. The number of nitrogens with zero attached hydrogens (tertiary/aromatic N) is 2. The molecule has 3 unspecified atom stereocenters. The monoisotopic (exact) mass is 362 g/mol. The average Bonchev–Trinajstić information content (AvgIpc) is 2.50. The second-order valence-corrected chi connectivity index (χ2v) is 8.44. The van der Waals surface area contributed by atoms with Crippen LogP contribution in [-0.2, 0) is 11.2 Å². The molecule has 0 aromatic carbocycles. The Hall–Kier alpha value is -1.82. The topological polar surface area (TPSA) is 71.9 Å². The number of aliphatic hydroxyl groups excluding tert-OH is 1. The molecular weight excluding hydrogens is 332 g/mol. The van der Waals surface area contributed by atoms with Gasteiger partial charge in [-0.2, -0.15) is 0 Å². The van der Waals surface area contributed by atoms with Crippen molar-refractivity contribution in [3.63, 3.8) is 0 Å². The molecule has 1 aliphatic carbocycles. The van der Waals surface area contributed by atoms with Crippen molar-refractivity contribution < 1.29 is 19.4 Å². The summed E-state index contributed by atoms with van der Waals surface area (Å²) in [6, 6.07) is 2.08. The summed E-state index contributed by atoms with van der Waals surface area (Å²) in [5, 5.41) is 9.33. The minimum Gasteiger partial charge on any atom is -0.490 e. The van der Waals surface area contributed by atoms with E-state index in [0.717, 1.165) is 30.6 Å². The van der Waals surface area contributed by atoms with Crippen LogP contribution in [0.1, 0.15) is 45.6 Å². The Morgan fingerprint density at radius 3 is 2.62 bits per heavy atom. The van der Waals surface area contributed by atoms with E-state index in [9.17, 15) is 9.90 Å². The minimum absolute atomic E-state index is 0.0545. The fourth-order valence-corrected chi connectivity index (χ4v) is 3.47. The number of rotatable bonds is 6. The molecule has 0 spiro atoms. The van der Waals surface area contributed by atoms with E-state index in [1.54, 1.807) is 11.1 Å². The molecule has 6 nitrogen and oxygen atoms in total. The Kier molecular flexibility index (Phi) is 5.70. The highest BCUT2D eigenvalue weighted by molar-refractivity contribution is 5.69. The van der Waals surface area contributed by atoms with Crippen LogP contribution in [0.25, 0.3) is 0 Å². The summed E-state index contributed by atoms with van der Waals surface area (Å²) in [6.07, 6.45) is 7.45. The molecule has 1 aromatic heterocycles. The van der Waals surface area contributed by atoms with Gasteiger partial charge in [-0.1, -0.05) is 0 Å². The summed E-state index contributed by atoms with van der Waals surface area (Å²) in [5.41, 5.74) is 0.660. The first-order valence-corrected chi connectivity index (χ1v) is 9.53. The number of amides is 1. The van der Waals surface area contributed by atoms with Gasteiger partial charge in [0, 0.05) is 19.3 Å².